The summed E-state index contributed by atoms with van der Waals surface area (Å²) < 4.78 is 7.52. The van der Waals surface area contributed by atoms with Gasteiger partial charge in [-0.1, -0.05) is 35.9 Å². The largest absolute Gasteiger partial charge is 0.495 e. The van der Waals surface area contributed by atoms with Crippen molar-refractivity contribution >= 4 is 46.5 Å². The quantitative estimate of drug-likeness (QED) is 0.410. The molecule has 0 N–H and O–H groups in total. The van der Waals surface area contributed by atoms with Crippen LogP contribution in [-0.2, 0) is 22.6 Å². The van der Waals surface area contributed by atoms with E-state index in [1.165, 1.54) is 5.56 Å². The second-order valence-electron chi connectivity index (χ2n) is 9.08. The van der Waals surface area contributed by atoms with Crippen LogP contribution in [0.2, 0.25) is 5.02 Å². The molecular formula is C28H26ClN3O4S. The van der Waals surface area contributed by atoms with E-state index in [0.717, 1.165) is 51.3 Å². The molecule has 3 amide bonds. The van der Waals surface area contributed by atoms with Gasteiger partial charge >= 0.3 is 0 Å². The van der Waals surface area contributed by atoms with Crippen molar-refractivity contribution in [3.05, 3.63) is 86.5 Å². The second-order valence-corrected chi connectivity index (χ2v) is 10.5. The minimum Gasteiger partial charge on any atom is -0.495 e. The Morgan fingerprint density at radius 2 is 1.86 bits per heavy atom. The van der Waals surface area contributed by atoms with Gasteiger partial charge in [0, 0.05) is 29.5 Å². The summed E-state index contributed by atoms with van der Waals surface area (Å²) in [6.45, 7) is 4.68. The number of carbonyl (C=O) groups is 3. The van der Waals surface area contributed by atoms with Crippen LogP contribution in [0, 0.1) is 13.8 Å². The summed E-state index contributed by atoms with van der Waals surface area (Å²) >= 11 is 7.10. The average Bonchev–Trinajstić information content (AvgIpc) is 3.32. The van der Waals surface area contributed by atoms with Gasteiger partial charge in [-0.3, -0.25) is 19.3 Å². The SMILES string of the molecule is COc1ccc(Cl)cc1-n1c(C)cc(/C=C2\SC(=O)N(CC(=O)N3CCc4ccccc4C3)C2=O)c1C. The van der Waals surface area contributed by atoms with Crippen LogP contribution in [0.15, 0.2) is 53.4 Å². The number of carbonyl (C=O) groups excluding carboxylic acids is 3. The average molecular weight is 536 g/mol. The number of thioether (sulfide) groups is 1. The van der Waals surface area contributed by atoms with Crippen molar-refractivity contribution in [1.82, 2.24) is 14.4 Å². The zero-order valence-electron chi connectivity index (χ0n) is 20.8. The molecular weight excluding hydrogens is 510 g/mol. The number of aromatic nitrogens is 1. The number of benzene rings is 2. The van der Waals surface area contributed by atoms with E-state index >= 15 is 0 Å². The Morgan fingerprint density at radius 1 is 1.11 bits per heavy atom. The highest BCUT2D eigenvalue weighted by molar-refractivity contribution is 8.18. The highest BCUT2D eigenvalue weighted by Gasteiger charge is 2.37. The molecule has 2 aliphatic rings. The van der Waals surface area contributed by atoms with Crippen molar-refractivity contribution in [3.8, 4) is 11.4 Å². The van der Waals surface area contributed by atoms with Gasteiger partial charge in [-0.05, 0) is 79.1 Å². The molecule has 0 radical (unpaired) electrons. The lowest BCUT2D eigenvalue weighted by molar-refractivity contribution is -0.136. The van der Waals surface area contributed by atoms with Crippen molar-refractivity contribution < 1.29 is 19.1 Å². The fraction of sp³-hybridized carbons (Fsp3) is 0.250. The summed E-state index contributed by atoms with van der Waals surface area (Å²) in [5.74, 6) is -0.0212. The van der Waals surface area contributed by atoms with Gasteiger partial charge in [0.1, 0.15) is 12.3 Å². The molecule has 0 aliphatic carbocycles. The van der Waals surface area contributed by atoms with Crippen molar-refractivity contribution in [2.45, 2.75) is 26.8 Å². The van der Waals surface area contributed by atoms with E-state index in [0.29, 0.717) is 28.8 Å². The van der Waals surface area contributed by atoms with Crippen LogP contribution in [0.5, 0.6) is 5.75 Å². The van der Waals surface area contributed by atoms with Gasteiger partial charge in [-0.25, -0.2) is 0 Å². The lowest BCUT2D eigenvalue weighted by Gasteiger charge is -2.29. The number of ether oxygens (including phenoxy) is 1. The standard InChI is InChI=1S/C28H26ClN3O4S/c1-17-12-21(18(2)32(17)23-14-22(29)8-9-24(23)36-3)13-25-27(34)31(28(35)37-25)16-26(33)30-11-10-19-6-4-5-7-20(19)15-30/h4-9,12-14H,10-11,15-16H2,1-3H3/b25-13-. The van der Waals surface area contributed by atoms with E-state index < -0.39 is 11.1 Å². The zero-order valence-corrected chi connectivity index (χ0v) is 22.4. The van der Waals surface area contributed by atoms with Gasteiger partial charge in [-0.15, -0.1) is 0 Å². The molecule has 0 unspecified atom stereocenters. The minimum absolute atomic E-state index is 0.232. The van der Waals surface area contributed by atoms with Crippen LogP contribution < -0.4 is 4.74 Å². The number of rotatable bonds is 5. The Labute approximate surface area is 224 Å². The maximum atomic E-state index is 13.2. The molecule has 2 aromatic carbocycles. The summed E-state index contributed by atoms with van der Waals surface area (Å²) in [7, 11) is 1.60. The van der Waals surface area contributed by atoms with Crippen LogP contribution in [0.25, 0.3) is 11.8 Å². The Morgan fingerprint density at radius 3 is 2.62 bits per heavy atom. The highest BCUT2D eigenvalue weighted by Crippen LogP contribution is 2.35. The number of halogens is 1. The molecule has 0 saturated carbocycles. The van der Waals surface area contributed by atoms with Crippen LogP contribution in [0.1, 0.15) is 28.1 Å². The third kappa shape index (κ3) is 4.79. The third-order valence-electron chi connectivity index (χ3n) is 6.79. The van der Waals surface area contributed by atoms with Crippen LogP contribution in [-0.4, -0.2) is 51.6 Å². The summed E-state index contributed by atoms with van der Waals surface area (Å²) in [4.78, 5) is 41.9. The van der Waals surface area contributed by atoms with Gasteiger partial charge in [0.25, 0.3) is 11.1 Å². The van der Waals surface area contributed by atoms with Crippen LogP contribution >= 0.6 is 23.4 Å². The maximum absolute atomic E-state index is 13.2. The van der Waals surface area contributed by atoms with Crippen molar-refractivity contribution in [2.24, 2.45) is 0 Å². The molecule has 0 bridgehead atoms. The molecule has 9 heteroatoms. The number of imide groups is 1. The maximum Gasteiger partial charge on any atom is 0.294 e. The Bertz CT molecular complexity index is 1460. The van der Waals surface area contributed by atoms with E-state index in [-0.39, 0.29) is 12.5 Å². The Kier molecular flexibility index (Phi) is 6.88. The monoisotopic (exact) mass is 535 g/mol. The molecule has 2 aliphatic heterocycles. The van der Waals surface area contributed by atoms with Crippen molar-refractivity contribution in [3.63, 3.8) is 0 Å². The van der Waals surface area contributed by atoms with Gasteiger partial charge in [-0.2, -0.15) is 0 Å². The summed E-state index contributed by atoms with van der Waals surface area (Å²) in [6, 6.07) is 15.4. The van der Waals surface area contributed by atoms with Gasteiger partial charge in [0.15, 0.2) is 0 Å². The van der Waals surface area contributed by atoms with Crippen molar-refractivity contribution in [1.29, 1.82) is 0 Å². The number of aryl methyl sites for hydroxylation is 1. The normalized spacial score (nSPS) is 16.5. The lowest BCUT2D eigenvalue weighted by Crippen LogP contribution is -2.44. The molecule has 0 spiro atoms. The predicted octanol–water partition coefficient (Wildman–Crippen LogP) is 5.38. The first-order valence-electron chi connectivity index (χ1n) is 11.9. The number of hydrogen-bond acceptors (Lipinski definition) is 5. The second kappa shape index (κ2) is 10.1. The number of hydrogen-bond donors (Lipinski definition) is 0. The van der Waals surface area contributed by atoms with Gasteiger partial charge in [0.05, 0.1) is 17.7 Å². The van der Waals surface area contributed by atoms with E-state index in [1.807, 2.05) is 48.7 Å². The fourth-order valence-corrected chi connectivity index (χ4v) is 5.86. The zero-order chi connectivity index (χ0) is 26.3. The Balaban J connectivity index is 1.36. The van der Waals surface area contributed by atoms with E-state index in [4.69, 9.17) is 16.3 Å². The molecule has 0 atom stereocenters. The molecule has 1 fully saturated rings. The predicted molar refractivity (Wildman–Crippen MR) is 145 cm³/mol. The van der Waals surface area contributed by atoms with Crippen LogP contribution in [0.4, 0.5) is 4.79 Å². The molecule has 3 aromatic rings. The minimum atomic E-state index is -0.453. The van der Waals surface area contributed by atoms with E-state index in [2.05, 4.69) is 6.07 Å². The van der Waals surface area contributed by atoms with Gasteiger partial charge in [0.2, 0.25) is 5.91 Å². The van der Waals surface area contributed by atoms with E-state index in [9.17, 15) is 14.4 Å². The Hall–Kier alpha value is -3.49. The topological polar surface area (TPSA) is 71.8 Å². The first-order valence-corrected chi connectivity index (χ1v) is 13.1. The lowest BCUT2D eigenvalue weighted by atomic mass is 10.00. The van der Waals surface area contributed by atoms with Crippen LogP contribution in [0.3, 0.4) is 0 Å². The molecule has 3 heterocycles. The molecule has 190 valence electrons. The number of amides is 3. The first-order chi connectivity index (χ1) is 17.8. The number of fused-ring (bicyclic) bond motifs is 1. The fourth-order valence-electron chi connectivity index (χ4n) is 4.86. The summed E-state index contributed by atoms with van der Waals surface area (Å²) in [5.41, 5.74) is 5.70. The number of methoxy groups -OCH3 is 1. The molecule has 1 saturated heterocycles. The summed E-state index contributed by atoms with van der Waals surface area (Å²) in [6.07, 6.45) is 2.47. The molecule has 1 aromatic heterocycles. The third-order valence-corrected chi connectivity index (χ3v) is 7.93. The van der Waals surface area contributed by atoms with E-state index in [1.54, 1.807) is 30.2 Å². The smallest absolute Gasteiger partial charge is 0.294 e. The number of nitrogens with zero attached hydrogens (tertiary/aromatic N) is 3. The molecule has 5 rings (SSSR count). The molecule has 7 nitrogen and oxygen atoms in total. The first kappa shape index (κ1) is 25.2. The highest BCUT2D eigenvalue weighted by atomic mass is 35.5. The van der Waals surface area contributed by atoms with Gasteiger partial charge < -0.3 is 14.2 Å². The molecule has 37 heavy (non-hydrogen) atoms. The van der Waals surface area contributed by atoms with Crippen molar-refractivity contribution in [2.75, 3.05) is 20.2 Å². The summed E-state index contributed by atoms with van der Waals surface area (Å²) in [5, 5.41) is 0.139.